The summed E-state index contributed by atoms with van der Waals surface area (Å²) in [7, 11) is 0. The van der Waals surface area contributed by atoms with Crippen LogP contribution in [0.4, 0.5) is 5.69 Å². The second-order valence-electron chi connectivity index (χ2n) is 5.26. The molecule has 2 fully saturated rings. The minimum Gasteiger partial charge on any atom is -0.397 e. The lowest BCUT2D eigenvalue weighted by atomic mass is 10.1. The Labute approximate surface area is 106 Å². The molecule has 2 aliphatic rings. The van der Waals surface area contributed by atoms with Gasteiger partial charge in [0.15, 0.2) is 0 Å². The predicted octanol–water partition coefficient (Wildman–Crippen LogP) is 1.24. The van der Waals surface area contributed by atoms with Gasteiger partial charge in [0.2, 0.25) is 0 Å². The van der Waals surface area contributed by atoms with E-state index in [0.717, 1.165) is 39.0 Å². The van der Waals surface area contributed by atoms with Crippen LogP contribution in [-0.2, 0) is 4.74 Å². The molecular formula is C13H19N3O2. The Morgan fingerprint density at radius 2 is 2.33 bits per heavy atom. The van der Waals surface area contributed by atoms with Crippen LogP contribution < -0.4 is 5.73 Å². The highest BCUT2D eigenvalue weighted by molar-refractivity contribution is 5.93. The quantitative estimate of drug-likeness (QED) is 0.843. The molecule has 1 aromatic rings. The number of carbonyl (C=O) groups is 1. The van der Waals surface area contributed by atoms with Gasteiger partial charge in [-0.15, -0.1) is 0 Å². The summed E-state index contributed by atoms with van der Waals surface area (Å²) in [5, 5.41) is 0. The van der Waals surface area contributed by atoms with E-state index in [1.807, 2.05) is 4.90 Å². The van der Waals surface area contributed by atoms with Gasteiger partial charge in [-0.2, -0.15) is 0 Å². The summed E-state index contributed by atoms with van der Waals surface area (Å²) in [6.45, 7) is 2.42. The van der Waals surface area contributed by atoms with Crippen LogP contribution in [0.1, 0.15) is 29.8 Å². The molecule has 18 heavy (non-hydrogen) atoms. The highest BCUT2D eigenvalue weighted by atomic mass is 16.5. The summed E-state index contributed by atoms with van der Waals surface area (Å²) in [4.78, 5) is 17.4. The second kappa shape index (κ2) is 4.65. The van der Waals surface area contributed by atoms with E-state index in [1.165, 1.54) is 0 Å². The van der Waals surface area contributed by atoms with Crippen molar-refractivity contribution in [2.45, 2.75) is 25.3 Å². The van der Waals surface area contributed by atoms with Gasteiger partial charge in [0.1, 0.15) is 5.69 Å². The zero-order valence-corrected chi connectivity index (χ0v) is 10.4. The first-order chi connectivity index (χ1) is 8.74. The zero-order chi connectivity index (χ0) is 12.5. The largest absolute Gasteiger partial charge is 0.397 e. The van der Waals surface area contributed by atoms with Crippen molar-refractivity contribution >= 4 is 11.6 Å². The van der Waals surface area contributed by atoms with Gasteiger partial charge >= 0.3 is 0 Å². The van der Waals surface area contributed by atoms with E-state index in [9.17, 15) is 4.79 Å². The number of nitrogens with zero attached hydrogens (tertiary/aromatic N) is 1. The van der Waals surface area contributed by atoms with Crippen LogP contribution in [0.5, 0.6) is 0 Å². The number of aromatic amines is 1. The molecule has 2 heterocycles. The molecule has 1 atom stereocenters. The van der Waals surface area contributed by atoms with E-state index in [-0.39, 0.29) is 5.91 Å². The Morgan fingerprint density at radius 1 is 1.50 bits per heavy atom. The molecular weight excluding hydrogens is 230 g/mol. The maximum atomic E-state index is 12.4. The normalized spacial score (nSPS) is 23.2. The van der Waals surface area contributed by atoms with E-state index in [4.69, 9.17) is 10.5 Å². The number of nitrogen functional groups attached to an aromatic ring is 1. The van der Waals surface area contributed by atoms with Crippen LogP contribution in [0.2, 0.25) is 0 Å². The van der Waals surface area contributed by atoms with Crippen LogP contribution in [0.25, 0.3) is 0 Å². The first kappa shape index (κ1) is 11.6. The highest BCUT2D eigenvalue weighted by Gasteiger charge is 2.35. The fourth-order valence-electron chi connectivity index (χ4n) is 2.48. The lowest BCUT2D eigenvalue weighted by Crippen LogP contribution is -2.37. The molecule has 1 aliphatic carbocycles. The van der Waals surface area contributed by atoms with Gasteiger partial charge in [-0.3, -0.25) is 4.79 Å². The maximum absolute atomic E-state index is 12.4. The van der Waals surface area contributed by atoms with Gasteiger partial charge in [0, 0.05) is 37.0 Å². The average Bonchev–Trinajstić information content (AvgIpc) is 2.88. The van der Waals surface area contributed by atoms with Crippen molar-refractivity contribution < 1.29 is 9.53 Å². The van der Waals surface area contributed by atoms with Crippen molar-refractivity contribution in [3.63, 3.8) is 0 Å². The molecule has 0 bridgehead atoms. The minimum absolute atomic E-state index is 0.0705. The monoisotopic (exact) mass is 249 g/mol. The number of anilines is 1. The molecule has 0 spiro atoms. The molecule has 1 amide bonds. The number of nitrogens with one attached hydrogen (secondary N) is 1. The first-order valence-corrected chi connectivity index (χ1v) is 6.56. The van der Waals surface area contributed by atoms with Crippen LogP contribution in [0.15, 0.2) is 12.3 Å². The van der Waals surface area contributed by atoms with Gasteiger partial charge < -0.3 is 20.4 Å². The first-order valence-electron chi connectivity index (χ1n) is 6.56. The van der Waals surface area contributed by atoms with E-state index in [0.29, 0.717) is 23.3 Å². The van der Waals surface area contributed by atoms with Gasteiger partial charge in [-0.1, -0.05) is 0 Å². The number of ether oxygens (including phenoxy) is 1. The lowest BCUT2D eigenvalue weighted by molar-refractivity contribution is 0.0701. The topological polar surface area (TPSA) is 71.4 Å². The van der Waals surface area contributed by atoms with Crippen molar-refractivity contribution in [1.29, 1.82) is 0 Å². The standard InChI is InChI=1S/C13H19N3O2/c14-10-5-12(15-6-10)13(17)16(11-1-2-11)7-9-3-4-18-8-9/h5-6,9,11,15H,1-4,7-8,14H2. The van der Waals surface area contributed by atoms with Crippen LogP contribution in [0, 0.1) is 5.92 Å². The van der Waals surface area contributed by atoms with Crippen molar-refractivity contribution in [3.05, 3.63) is 18.0 Å². The molecule has 0 aromatic carbocycles. The highest BCUT2D eigenvalue weighted by Crippen LogP contribution is 2.30. The summed E-state index contributed by atoms with van der Waals surface area (Å²) in [5.74, 6) is 0.558. The SMILES string of the molecule is Nc1c[nH]c(C(=O)N(CC2CCOC2)C2CC2)c1. The Morgan fingerprint density at radius 3 is 2.89 bits per heavy atom. The lowest BCUT2D eigenvalue weighted by Gasteiger charge is -2.24. The average molecular weight is 249 g/mol. The molecule has 1 unspecified atom stereocenters. The summed E-state index contributed by atoms with van der Waals surface area (Å²) in [5.41, 5.74) is 6.86. The van der Waals surface area contributed by atoms with Crippen LogP contribution in [0.3, 0.4) is 0 Å². The van der Waals surface area contributed by atoms with Crippen molar-refractivity contribution in [3.8, 4) is 0 Å². The molecule has 5 nitrogen and oxygen atoms in total. The minimum atomic E-state index is 0.0705. The molecule has 5 heteroatoms. The predicted molar refractivity (Wildman–Crippen MR) is 68.2 cm³/mol. The molecule has 1 aromatic heterocycles. The molecule has 0 radical (unpaired) electrons. The van der Waals surface area contributed by atoms with Crippen LogP contribution >= 0.6 is 0 Å². The number of hydrogen-bond donors (Lipinski definition) is 2. The summed E-state index contributed by atoms with van der Waals surface area (Å²) in [6, 6.07) is 2.13. The van der Waals surface area contributed by atoms with E-state index in [2.05, 4.69) is 4.98 Å². The summed E-state index contributed by atoms with van der Waals surface area (Å²) in [6.07, 6.45) is 4.96. The third-order valence-electron chi connectivity index (χ3n) is 3.66. The number of rotatable bonds is 4. The Bertz CT molecular complexity index is 433. The van der Waals surface area contributed by atoms with E-state index in [1.54, 1.807) is 12.3 Å². The molecule has 1 aliphatic heterocycles. The summed E-state index contributed by atoms with van der Waals surface area (Å²) < 4.78 is 5.38. The van der Waals surface area contributed by atoms with Gasteiger partial charge in [0.05, 0.1) is 6.61 Å². The van der Waals surface area contributed by atoms with Crippen LogP contribution in [-0.4, -0.2) is 41.6 Å². The van der Waals surface area contributed by atoms with Crippen molar-refractivity contribution in [2.24, 2.45) is 5.92 Å². The molecule has 1 saturated carbocycles. The molecule has 3 rings (SSSR count). The number of hydrogen-bond acceptors (Lipinski definition) is 3. The van der Waals surface area contributed by atoms with Gasteiger partial charge in [-0.05, 0) is 25.3 Å². The Hall–Kier alpha value is -1.49. The molecule has 98 valence electrons. The van der Waals surface area contributed by atoms with Gasteiger partial charge in [-0.25, -0.2) is 0 Å². The van der Waals surface area contributed by atoms with Gasteiger partial charge in [0.25, 0.3) is 5.91 Å². The van der Waals surface area contributed by atoms with Crippen molar-refractivity contribution in [2.75, 3.05) is 25.5 Å². The number of carbonyl (C=O) groups excluding carboxylic acids is 1. The van der Waals surface area contributed by atoms with E-state index >= 15 is 0 Å². The number of aromatic nitrogens is 1. The zero-order valence-electron chi connectivity index (χ0n) is 10.4. The third kappa shape index (κ3) is 2.36. The number of nitrogens with two attached hydrogens (primary N) is 1. The third-order valence-corrected chi connectivity index (χ3v) is 3.66. The fourth-order valence-corrected chi connectivity index (χ4v) is 2.48. The Balaban J connectivity index is 1.70. The van der Waals surface area contributed by atoms with Crippen molar-refractivity contribution in [1.82, 2.24) is 9.88 Å². The van der Waals surface area contributed by atoms with E-state index < -0.39 is 0 Å². The summed E-state index contributed by atoms with van der Waals surface area (Å²) >= 11 is 0. The Kier molecular flexibility index (Phi) is 2.99. The smallest absolute Gasteiger partial charge is 0.270 e. The molecule has 3 N–H and O–H groups in total. The number of amides is 1. The maximum Gasteiger partial charge on any atom is 0.270 e. The molecule has 1 saturated heterocycles. The fraction of sp³-hybridized carbons (Fsp3) is 0.615. The second-order valence-corrected chi connectivity index (χ2v) is 5.26. The number of H-pyrrole nitrogens is 1.